The number of nitrogens with zero attached hydrogens (tertiary/aromatic N) is 3. The van der Waals surface area contributed by atoms with Gasteiger partial charge in [-0.3, -0.25) is 4.98 Å². The van der Waals surface area contributed by atoms with Gasteiger partial charge in [-0.05, 0) is 42.0 Å². The van der Waals surface area contributed by atoms with Crippen LogP contribution in [0.25, 0.3) is 33.4 Å². The number of nitrogens with one attached hydrogen (secondary N) is 1. The molecule has 0 aliphatic heterocycles. The van der Waals surface area contributed by atoms with Gasteiger partial charge in [0.1, 0.15) is 17.5 Å². The second-order valence-corrected chi connectivity index (χ2v) is 6.43. The van der Waals surface area contributed by atoms with E-state index in [0.717, 1.165) is 18.2 Å². The van der Waals surface area contributed by atoms with Gasteiger partial charge in [-0.2, -0.15) is 13.2 Å². The Morgan fingerprint density at radius 2 is 1.73 bits per heavy atom. The van der Waals surface area contributed by atoms with Crippen LogP contribution in [0.1, 0.15) is 5.56 Å². The minimum absolute atomic E-state index is 0.0543. The van der Waals surface area contributed by atoms with Crippen molar-refractivity contribution < 1.29 is 22.0 Å². The maximum atomic E-state index is 14.3. The second kappa shape index (κ2) is 7.33. The van der Waals surface area contributed by atoms with Crippen molar-refractivity contribution in [3.63, 3.8) is 0 Å². The number of rotatable bonds is 3. The Morgan fingerprint density at radius 1 is 0.933 bits per heavy atom. The standard InChI is InChI=1S/C21H13F5N4/c1-27-20-15-7-12(14-5-4-13(22)9-17(14)23)8-16(21(24,25)26)18(15)29-19(30-20)11-3-2-6-28-10-11/h2-10H,1H3,(H,27,29,30). The highest BCUT2D eigenvalue weighted by Crippen LogP contribution is 2.40. The normalized spacial score (nSPS) is 11.7. The van der Waals surface area contributed by atoms with Crippen molar-refractivity contribution in [2.45, 2.75) is 6.18 Å². The molecule has 4 aromatic rings. The number of hydrogen-bond donors (Lipinski definition) is 1. The molecule has 0 fully saturated rings. The molecule has 4 nitrogen and oxygen atoms in total. The van der Waals surface area contributed by atoms with Crippen molar-refractivity contribution in [2.24, 2.45) is 0 Å². The fourth-order valence-corrected chi connectivity index (χ4v) is 3.14. The van der Waals surface area contributed by atoms with E-state index in [4.69, 9.17) is 0 Å². The van der Waals surface area contributed by atoms with Crippen LogP contribution in [0.15, 0.2) is 54.9 Å². The summed E-state index contributed by atoms with van der Waals surface area (Å²) in [6.07, 6.45) is -1.80. The van der Waals surface area contributed by atoms with E-state index in [0.29, 0.717) is 11.6 Å². The predicted molar refractivity (Wildman–Crippen MR) is 103 cm³/mol. The highest BCUT2D eigenvalue weighted by atomic mass is 19.4. The molecule has 0 bridgehead atoms. The molecular formula is C21H13F5N4. The van der Waals surface area contributed by atoms with E-state index in [1.54, 1.807) is 12.1 Å². The first-order valence-electron chi connectivity index (χ1n) is 8.74. The summed E-state index contributed by atoms with van der Waals surface area (Å²) in [5.41, 5.74) is -1.18. The lowest BCUT2D eigenvalue weighted by Gasteiger charge is -2.16. The van der Waals surface area contributed by atoms with Crippen molar-refractivity contribution in [1.29, 1.82) is 0 Å². The molecule has 0 spiro atoms. The third-order valence-electron chi connectivity index (χ3n) is 4.50. The molecule has 0 atom stereocenters. The summed E-state index contributed by atoms with van der Waals surface area (Å²) in [4.78, 5) is 12.4. The number of halogens is 5. The SMILES string of the molecule is CNc1nc(-c2cccnc2)nc2c(C(F)(F)F)cc(-c3ccc(F)cc3F)cc12. The minimum atomic E-state index is -4.77. The van der Waals surface area contributed by atoms with Crippen LogP contribution in [0.4, 0.5) is 27.8 Å². The van der Waals surface area contributed by atoms with Crippen LogP contribution in [-0.4, -0.2) is 22.0 Å². The Morgan fingerprint density at radius 3 is 2.37 bits per heavy atom. The molecule has 0 unspecified atom stereocenters. The summed E-state index contributed by atoms with van der Waals surface area (Å²) in [6, 6.07) is 8.09. The van der Waals surface area contributed by atoms with Crippen LogP contribution in [0.3, 0.4) is 0 Å². The fourth-order valence-electron chi connectivity index (χ4n) is 3.14. The number of aromatic nitrogens is 3. The van der Waals surface area contributed by atoms with Gasteiger partial charge in [0, 0.05) is 42.0 Å². The second-order valence-electron chi connectivity index (χ2n) is 6.43. The monoisotopic (exact) mass is 416 g/mol. The van der Waals surface area contributed by atoms with Crippen LogP contribution in [0, 0.1) is 11.6 Å². The summed E-state index contributed by atoms with van der Waals surface area (Å²) in [7, 11) is 1.51. The van der Waals surface area contributed by atoms with E-state index in [9.17, 15) is 22.0 Å². The Hall–Kier alpha value is -3.62. The van der Waals surface area contributed by atoms with E-state index < -0.39 is 23.4 Å². The summed E-state index contributed by atoms with van der Waals surface area (Å²) >= 11 is 0. The van der Waals surface area contributed by atoms with Crippen LogP contribution >= 0.6 is 0 Å². The van der Waals surface area contributed by atoms with Crippen molar-refractivity contribution in [2.75, 3.05) is 12.4 Å². The van der Waals surface area contributed by atoms with Gasteiger partial charge in [0.05, 0.1) is 11.1 Å². The molecule has 0 amide bonds. The Labute approximate surface area is 167 Å². The molecule has 2 aromatic heterocycles. The van der Waals surface area contributed by atoms with Gasteiger partial charge in [-0.25, -0.2) is 18.7 Å². The number of benzene rings is 2. The van der Waals surface area contributed by atoms with Crippen LogP contribution in [0.2, 0.25) is 0 Å². The molecule has 0 aliphatic rings. The highest BCUT2D eigenvalue weighted by molar-refractivity contribution is 5.96. The fraction of sp³-hybridized carbons (Fsp3) is 0.0952. The Balaban J connectivity index is 2.05. The minimum Gasteiger partial charge on any atom is -0.373 e. The lowest BCUT2D eigenvalue weighted by molar-refractivity contribution is -0.136. The molecular weight excluding hydrogens is 403 g/mol. The molecule has 152 valence electrons. The molecule has 0 radical (unpaired) electrons. The quantitative estimate of drug-likeness (QED) is 0.436. The first-order chi connectivity index (χ1) is 14.3. The van der Waals surface area contributed by atoms with Crippen LogP contribution < -0.4 is 5.32 Å². The number of hydrogen-bond acceptors (Lipinski definition) is 4. The van der Waals surface area contributed by atoms with Gasteiger partial charge in [-0.1, -0.05) is 0 Å². The lowest BCUT2D eigenvalue weighted by atomic mass is 9.98. The molecule has 2 heterocycles. The molecule has 4 rings (SSSR count). The van der Waals surface area contributed by atoms with Crippen molar-refractivity contribution in [3.05, 3.63) is 72.1 Å². The van der Waals surface area contributed by atoms with Crippen LogP contribution in [0.5, 0.6) is 0 Å². The van der Waals surface area contributed by atoms with E-state index in [1.165, 1.54) is 25.5 Å². The molecule has 0 aliphatic carbocycles. The average molecular weight is 416 g/mol. The zero-order valence-electron chi connectivity index (χ0n) is 15.4. The first kappa shape index (κ1) is 19.7. The highest BCUT2D eigenvalue weighted by Gasteiger charge is 2.35. The zero-order chi connectivity index (χ0) is 21.5. The number of pyridine rings is 1. The molecule has 2 aromatic carbocycles. The first-order valence-corrected chi connectivity index (χ1v) is 8.74. The van der Waals surface area contributed by atoms with Crippen molar-refractivity contribution in [1.82, 2.24) is 15.0 Å². The smallest absolute Gasteiger partial charge is 0.373 e. The molecule has 9 heteroatoms. The molecule has 30 heavy (non-hydrogen) atoms. The van der Waals surface area contributed by atoms with Gasteiger partial charge in [0.2, 0.25) is 0 Å². The van der Waals surface area contributed by atoms with E-state index in [1.807, 2.05) is 0 Å². The Bertz CT molecular complexity index is 1240. The third kappa shape index (κ3) is 3.54. The summed E-state index contributed by atoms with van der Waals surface area (Å²) < 4.78 is 69.2. The largest absolute Gasteiger partial charge is 0.418 e. The molecule has 1 N–H and O–H groups in total. The summed E-state index contributed by atoms with van der Waals surface area (Å²) in [5, 5.41) is 2.82. The number of alkyl halides is 3. The summed E-state index contributed by atoms with van der Waals surface area (Å²) in [5.74, 6) is -1.60. The number of anilines is 1. The van der Waals surface area contributed by atoms with Gasteiger partial charge in [-0.15, -0.1) is 0 Å². The predicted octanol–water partition coefficient (Wildman–Crippen LogP) is 5.70. The topological polar surface area (TPSA) is 50.7 Å². The third-order valence-corrected chi connectivity index (χ3v) is 4.50. The molecule has 0 saturated carbocycles. The van der Waals surface area contributed by atoms with E-state index in [-0.39, 0.29) is 33.7 Å². The average Bonchev–Trinajstić information content (AvgIpc) is 2.72. The zero-order valence-corrected chi connectivity index (χ0v) is 15.4. The van der Waals surface area contributed by atoms with Gasteiger partial charge in [0.25, 0.3) is 0 Å². The van der Waals surface area contributed by atoms with Gasteiger partial charge < -0.3 is 5.32 Å². The van der Waals surface area contributed by atoms with E-state index >= 15 is 0 Å². The maximum absolute atomic E-state index is 14.3. The van der Waals surface area contributed by atoms with Gasteiger partial charge in [0.15, 0.2) is 5.82 Å². The van der Waals surface area contributed by atoms with E-state index in [2.05, 4.69) is 20.3 Å². The Kier molecular flexibility index (Phi) is 4.81. The lowest BCUT2D eigenvalue weighted by Crippen LogP contribution is -2.09. The molecule has 0 saturated heterocycles. The van der Waals surface area contributed by atoms with Crippen molar-refractivity contribution in [3.8, 4) is 22.5 Å². The van der Waals surface area contributed by atoms with Crippen LogP contribution in [-0.2, 0) is 6.18 Å². The van der Waals surface area contributed by atoms with Crippen molar-refractivity contribution >= 4 is 16.7 Å². The summed E-state index contributed by atoms with van der Waals surface area (Å²) in [6.45, 7) is 0. The number of fused-ring (bicyclic) bond motifs is 1. The maximum Gasteiger partial charge on any atom is 0.418 e. The van der Waals surface area contributed by atoms with Gasteiger partial charge >= 0.3 is 6.18 Å².